The molecule has 1 aromatic rings. The van der Waals surface area contributed by atoms with E-state index in [1.807, 2.05) is 0 Å². The van der Waals surface area contributed by atoms with E-state index in [0.717, 1.165) is 12.5 Å². The number of rotatable bonds is 6. The van der Waals surface area contributed by atoms with Gasteiger partial charge in [0.05, 0.1) is 25.2 Å². The van der Waals surface area contributed by atoms with E-state index in [0.29, 0.717) is 0 Å². The first-order valence-corrected chi connectivity index (χ1v) is 11.0. The molecule has 0 radical (unpaired) electrons. The van der Waals surface area contributed by atoms with E-state index in [9.17, 15) is 26.7 Å². The topological polar surface area (TPSA) is 145 Å². The monoisotopic (exact) mass is 409 g/mol. The molecule has 4 atom stereocenters. The second-order valence-electron chi connectivity index (χ2n) is 5.70. The number of aliphatic hydroxyl groups is 1. The zero-order valence-corrected chi connectivity index (χ0v) is 15.6. The van der Waals surface area contributed by atoms with E-state index in [4.69, 9.17) is 13.1 Å². The molecule has 12 heteroatoms. The Morgan fingerprint density at radius 2 is 1.62 bits per heavy atom. The Kier molecular flexibility index (Phi) is 6.37. The fraction of sp³-hybridized carbons (Fsp3) is 0.500. The molecule has 0 spiro atoms. The van der Waals surface area contributed by atoms with Crippen molar-refractivity contribution in [3.05, 3.63) is 35.9 Å². The fourth-order valence-corrected chi connectivity index (χ4v) is 3.63. The number of carbonyl (C=O) groups excluding carboxylic acids is 1. The van der Waals surface area contributed by atoms with Crippen LogP contribution in [0.3, 0.4) is 0 Å². The molecule has 1 amide bonds. The van der Waals surface area contributed by atoms with Crippen molar-refractivity contribution in [2.24, 2.45) is 0 Å². The molecule has 1 fully saturated rings. The highest BCUT2D eigenvalue weighted by Crippen LogP contribution is 2.23. The van der Waals surface area contributed by atoms with Crippen LogP contribution in [0.5, 0.6) is 0 Å². The normalized spacial score (nSPS) is 27.0. The molecule has 10 nitrogen and oxygen atoms in total. The van der Waals surface area contributed by atoms with E-state index in [1.165, 1.54) is 12.1 Å². The number of amides is 1. The van der Waals surface area contributed by atoms with Gasteiger partial charge >= 0.3 is 0 Å². The summed E-state index contributed by atoms with van der Waals surface area (Å²) < 4.78 is 60.6. The lowest BCUT2D eigenvalue weighted by molar-refractivity contribution is -0.213. The average molecular weight is 409 g/mol. The molecule has 1 aliphatic heterocycles. The molecular formula is C14H19NO9S2. The van der Waals surface area contributed by atoms with Crippen molar-refractivity contribution < 1.29 is 39.8 Å². The lowest BCUT2D eigenvalue weighted by Crippen LogP contribution is -2.61. The minimum Gasteiger partial charge on any atom is -0.366 e. The zero-order chi connectivity index (χ0) is 19.5. The van der Waals surface area contributed by atoms with Crippen LogP contribution in [-0.2, 0) is 33.3 Å². The highest BCUT2D eigenvalue weighted by Gasteiger charge is 2.46. The maximum atomic E-state index is 12.3. The van der Waals surface area contributed by atoms with Gasteiger partial charge in [0, 0.05) is 5.56 Å². The van der Waals surface area contributed by atoms with Crippen LogP contribution in [-0.4, -0.2) is 71.5 Å². The first-order valence-electron chi connectivity index (χ1n) is 7.38. The molecule has 2 rings (SSSR count). The van der Waals surface area contributed by atoms with Crippen molar-refractivity contribution in [3.63, 3.8) is 0 Å². The summed E-state index contributed by atoms with van der Waals surface area (Å²) >= 11 is 0. The predicted molar refractivity (Wildman–Crippen MR) is 89.1 cm³/mol. The largest absolute Gasteiger partial charge is 0.366 e. The van der Waals surface area contributed by atoms with Gasteiger partial charge in [-0.1, -0.05) is 18.2 Å². The van der Waals surface area contributed by atoms with E-state index in [2.05, 4.69) is 5.32 Å². The highest BCUT2D eigenvalue weighted by molar-refractivity contribution is 7.86. The third kappa shape index (κ3) is 6.00. The van der Waals surface area contributed by atoms with Gasteiger partial charge in [0.25, 0.3) is 26.1 Å². The number of aliphatic hydroxyl groups excluding tert-OH is 1. The van der Waals surface area contributed by atoms with Crippen LogP contribution in [0.15, 0.2) is 30.3 Å². The van der Waals surface area contributed by atoms with Crippen LogP contribution in [0.1, 0.15) is 10.4 Å². The van der Waals surface area contributed by atoms with Crippen LogP contribution >= 0.6 is 0 Å². The first-order chi connectivity index (χ1) is 12.0. The lowest BCUT2D eigenvalue weighted by Gasteiger charge is -2.38. The minimum atomic E-state index is -4.08. The summed E-state index contributed by atoms with van der Waals surface area (Å²) in [5, 5.41) is 12.4. The van der Waals surface area contributed by atoms with Crippen LogP contribution in [0, 0.1) is 0 Å². The zero-order valence-electron chi connectivity index (χ0n) is 13.9. The number of benzene rings is 1. The van der Waals surface area contributed by atoms with Crippen LogP contribution in [0.4, 0.5) is 0 Å². The van der Waals surface area contributed by atoms with Gasteiger partial charge in [0.15, 0.2) is 12.4 Å². The van der Waals surface area contributed by atoms with Crippen LogP contribution < -0.4 is 5.32 Å². The van der Waals surface area contributed by atoms with Gasteiger partial charge in [-0.25, -0.2) is 0 Å². The summed E-state index contributed by atoms with van der Waals surface area (Å²) in [5.74, 6) is -0.559. The van der Waals surface area contributed by atoms with Crippen LogP contribution in [0.25, 0.3) is 0 Å². The van der Waals surface area contributed by atoms with Crippen molar-refractivity contribution in [3.8, 4) is 0 Å². The highest BCUT2D eigenvalue weighted by atomic mass is 32.2. The molecule has 26 heavy (non-hydrogen) atoms. The summed E-state index contributed by atoms with van der Waals surface area (Å²) in [6.45, 7) is -0.316. The van der Waals surface area contributed by atoms with E-state index in [1.54, 1.807) is 18.2 Å². The fourth-order valence-electron chi connectivity index (χ4n) is 2.38. The van der Waals surface area contributed by atoms with Crippen molar-refractivity contribution in [1.29, 1.82) is 0 Å². The molecule has 1 aliphatic rings. The number of nitrogens with one attached hydrogen (secondary N) is 1. The number of hydrogen-bond donors (Lipinski definition) is 2. The summed E-state index contributed by atoms with van der Waals surface area (Å²) in [7, 11) is -8.14. The van der Waals surface area contributed by atoms with Gasteiger partial charge in [-0.15, -0.1) is 0 Å². The van der Waals surface area contributed by atoms with Crippen LogP contribution in [0.2, 0.25) is 0 Å². The van der Waals surface area contributed by atoms with E-state index < -0.39 is 50.7 Å². The number of hydrogen-bond acceptors (Lipinski definition) is 9. The van der Waals surface area contributed by atoms with Crippen molar-refractivity contribution >= 4 is 26.1 Å². The Bertz CT molecular complexity index is 838. The van der Waals surface area contributed by atoms with Crippen molar-refractivity contribution in [1.82, 2.24) is 5.32 Å². The Morgan fingerprint density at radius 1 is 1.08 bits per heavy atom. The molecule has 146 valence electrons. The van der Waals surface area contributed by atoms with Gasteiger partial charge in [-0.05, 0) is 12.1 Å². The van der Waals surface area contributed by atoms with Gasteiger partial charge in [0.2, 0.25) is 0 Å². The Morgan fingerprint density at radius 3 is 2.15 bits per heavy atom. The summed E-state index contributed by atoms with van der Waals surface area (Å²) in [5.41, 5.74) is 0.289. The number of carbonyl (C=O) groups is 1. The first kappa shape index (κ1) is 20.7. The third-order valence-corrected chi connectivity index (χ3v) is 4.52. The Hall–Kier alpha value is -1.57. The second-order valence-corrected chi connectivity index (χ2v) is 8.90. The van der Waals surface area contributed by atoms with Gasteiger partial charge < -0.3 is 15.2 Å². The smallest absolute Gasteiger partial charge is 0.264 e. The third-order valence-electron chi connectivity index (χ3n) is 3.37. The van der Waals surface area contributed by atoms with Crippen molar-refractivity contribution in [2.45, 2.75) is 24.5 Å². The minimum absolute atomic E-state index is 0.289. The molecule has 1 aromatic carbocycles. The molecule has 0 saturated carbocycles. The second kappa shape index (κ2) is 7.98. The SMILES string of the molecule is CS(=O)(=O)O[C@@H]1[C@H](OS(C)(=O)=O)[C@H](NC(=O)c2ccccc2)CO[C@@H]1O. The number of ether oxygens (including phenoxy) is 1. The predicted octanol–water partition coefficient (Wildman–Crippen LogP) is -1.18. The quantitative estimate of drug-likeness (QED) is 0.555. The van der Waals surface area contributed by atoms with Gasteiger partial charge in [-0.2, -0.15) is 16.8 Å². The average Bonchev–Trinajstić information content (AvgIpc) is 2.52. The summed E-state index contributed by atoms with van der Waals surface area (Å²) in [4.78, 5) is 12.3. The summed E-state index contributed by atoms with van der Waals surface area (Å²) in [6.07, 6.45) is -3.49. The lowest BCUT2D eigenvalue weighted by atomic mass is 10.0. The molecule has 0 aliphatic carbocycles. The summed E-state index contributed by atoms with van der Waals surface area (Å²) in [6, 6.07) is 6.96. The maximum Gasteiger partial charge on any atom is 0.264 e. The standard InChI is InChI=1S/C14H19NO9S2/c1-25(18,19)23-11-10(15-13(16)9-6-4-3-5-7-9)8-22-14(17)12(11)24-26(2,20)21/h3-7,10-12,14,17H,8H2,1-2H3,(H,15,16)/t10-,11-,12-,14+/m1/s1. The van der Waals surface area contributed by atoms with Gasteiger partial charge in [0.1, 0.15) is 6.10 Å². The Labute approximate surface area is 151 Å². The molecule has 2 N–H and O–H groups in total. The van der Waals surface area contributed by atoms with E-state index in [-0.39, 0.29) is 12.2 Å². The molecule has 0 bridgehead atoms. The molecular weight excluding hydrogens is 390 g/mol. The van der Waals surface area contributed by atoms with Gasteiger partial charge in [-0.3, -0.25) is 13.2 Å². The Balaban J connectivity index is 2.28. The molecule has 0 unspecified atom stereocenters. The molecule has 0 aromatic heterocycles. The maximum absolute atomic E-state index is 12.3. The molecule has 1 heterocycles. The van der Waals surface area contributed by atoms with Crippen molar-refractivity contribution in [2.75, 3.05) is 19.1 Å². The van der Waals surface area contributed by atoms with E-state index >= 15 is 0 Å². The molecule has 1 saturated heterocycles.